The van der Waals surface area contributed by atoms with Crippen molar-refractivity contribution in [3.63, 3.8) is 0 Å². The van der Waals surface area contributed by atoms with Crippen molar-refractivity contribution in [2.24, 2.45) is 0 Å². The zero-order valence-corrected chi connectivity index (χ0v) is 11.9. The third-order valence-corrected chi connectivity index (χ3v) is 4.51. The smallest absolute Gasteiger partial charge is 0.271 e. The molecule has 1 fully saturated rings. The highest BCUT2D eigenvalue weighted by Gasteiger charge is 2.30. The van der Waals surface area contributed by atoms with Gasteiger partial charge in [-0.3, -0.25) is 10.1 Å². The van der Waals surface area contributed by atoms with Crippen molar-refractivity contribution < 1.29 is 13.3 Å². The highest BCUT2D eigenvalue weighted by molar-refractivity contribution is 7.89. The zero-order valence-electron chi connectivity index (χ0n) is 11.1. The van der Waals surface area contributed by atoms with Crippen molar-refractivity contribution in [1.82, 2.24) is 4.72 Å². The van der Waals surface area contributed by atoms with E-state index in [-0.39, 0.29) is 22.3 Å². The van der Waals surface area contributed by atoms with Crippen LogP contribution in [0.25, 0.3) is 0 Å². The maximum absolute atomic E-state index is 12.2. The second-order valence-electron chi connectivity index (χ2n) is 4.76. The van der Waals surface area contributed by atoms with Crippen molar-refractivity contribution in [2.45, 2.75) is 37.1 Å². The number of nitrogens with zero attached hydrogens (tertiary/aromatic N) is 1. The first-order valence-electron chi connectivity index (χ1n) is 6.48. The van der Waals surface area contributed by atoms with Crippen LogP contribution in [-0.4, -0.2) is 25.9 Å². The van der Waals surface area contributed by atoms with E-state index in [2.05, 4.69) is 10.0 Å². The number of nitrogens with one attached hydrogen (secondary N) is 2. The number of hydrogen-bond donors (Lipinski definition) is 2. The summed E-state index contributed by atoms with van der Waals surface area (Å²) >= 11 is 0. The van der Waals surface area contributed by atoms with Crippen LogP contribution < -0.4 is 10.0 Å². The lowest BCUT2D eigenvalue weighted by molar-refractivity contribution is -0.384. The van der Waals surface area contributed by atoms with Gasteiger partial charge in [-0.25, -0.2) is 13.1 Å². The lowest BCUT2D eigenvalue weighted by Crippen LogP contribution is -2.26. The molecule has 110 valence electrons. The lowest BCUT2D eigenvalue weighted by atomic mass is 10.2. The largest absolute Gasteiger partial charge is 0.384 e. The summed E-state index contributed by atoms with van der Waals surface area (Å²) in [5.74, 6) is 0. The van der Waals surface area contributed by atoms with E-state index in [1.165, 1.54) is 18.2 Å². The van der Waals surface area contributed by atoms with Gasteiger partial charge in [0, 0.05) is 24.7 Å². The normalized spacial score (nSPS) is 15.1. The Labute approximate surface area is 117 Å². The Balaban J connectivity index is 2.36. The first-order chi connectivity index (χ1) is 9.44. The first kappa shape index (κ1) is 14.7. The minimum Gasteiger partial charge on any atom is -0.384 e. The topological polar surface area (TPSA) is 101 Å². The summed E-state index contributed by atoms with van der Waals surface area (Å²) in [6.07, 6.45) is 2.46. The van der Waals surface area contributed by atoms with Crippen LogP contribution in [0, 0.1) is 10.1 Å². The third-order valence-electron chi connectivity index (χ3n) is 2.93. The molecule has 2 rings (SSSR count). The molecule has 1 aliphatic rings. The van der Waals surface area contributed by atoms with E-state index in [9.17, 15) is 18.5 Å². The number of nitro groups is 1. The van der Waals surface area contributed by atoms with Crippen LogP contribution in [0.15, 0.2) is 23.1 Å². The van der Waals surface area contributed by atoms with E-state index in [4.69, 9.17) is 0 Å². The summed E-state index contributed by atoms with van der Waals surface area (Å²) < 4.78 is 27.0. The van der Waals surface area contributed by atoms with Crippen LogP contribution in [-0.2, 0) is 10.0 Å². The molecule has 8 heteroatoms. The number of benzene rings is 1. The molecule has 2 N–H and O–H groups in total. The number of nitro benzene ring substituents is 1. The Hall–Kier alpha value is -1.67. The summed E-state index contributed by atoms with van der Waals surface area (Å²) in [6.45, 7) is 2.48. The van der Waals surface area contributed by atoms with Crippen LogP contribution in [0.3, 0.4) is 0 Å². The summed E-state index contributed by atoms with van der Waals surface area (Å²) in [5, 5.41) is 13.7. The number of rotatable bonds is 7. The minimum atomic E-state index is -3.64. The molecule has 0 saturated heterocycles. The summed E-state index contributed by atoms with van der Waals surface area (Å²) in [6, 6.07) is 3.74. The molecule has 0 atom stereocenters. The Morgan fingerprint density at radius 1 is 1.40 bits per heavy atom. The zero-order chi connectivity index (χ0) is 14.8. The standard InChI is InChI=1S/C12H17N3O4S/c1-2-7-13-11-8-10(15(16)17)5-6-12(11)20(18,19)14-9-3-4-9/h5-6,8-9,13-14H,2-4,7H2,1H3. The molecule has 0 bridgehead atoms. The molecule has 0 amide bonds. The van der Waals surface area contributed by atoms with Crippen molar-refractivity contribution in [2.75, 3.05) is 11.9 Å². The number of anilines is 1. The van der Waals surface area contributed by atoms with Crippen LogP contribution in [0.2, 0.25) is 0 Å². The molecule has 1 aromatic carbocycles. The summed E-state index contributed by atoms with van der Waals surface area (Å²) in [4.78, 5) is 10.3. The summed E-state index contributed by atoms with van der Waals surface area (Å²) in [7, 11) is -3.64. The van der Waals surface area contributed by atoms with Gasteiger partial charge in [0.25, 0.3) is 5.69 Å². The maximum atomic E-state index is 12.2. The molecular formula is C12H17N3O4S. The molecular weight excluding hydrogens is 282 g/mol. The van der Waals surface area contributed by atoms with Crippen LogP contribution in [0.5, 0.6) is 0 Å². The van der Waals surface area contributed by atoms with Crippen molar-refractivity contribution in [3.05, 3.63) is 28.3 Å². The van der Waals surface area contributed by atoms with E-state index in [1.54, 1.807) is 0 Å². The maximum Gasteiger partial charge on any atom is 0.271 e. The lowest BCUT2D eigenvalue weighted by Gasteiger charge is -2.12. The quantitative estimate of drug-likeness (QED) is 0.591. The molecule has 1 aliphatic carbocycles. The molecule has 0 aliphatic heterocycles. The first-order valence-corrected chi connectivity index (χ1v) is 7.97. The molecule has 7 nitrogen and oxygen atoms in total. The van der Waals surface area contributed by atoms with Gasteiger partial charge in [-0.15, -0.1) is 0 Å². The number of sulfonamides is 1. The Kier molecular flexibility index (Phi) is 4.24. The third kappa shape index (κ3) is 3.45. The molecule has 0 unspecified atom stereocenters. The van der Waals surface area contributed by atoms with Crippen LogP contribution in [0.1, 0.15) is 26.2 Å². The highest BCUT2D eigenvalue weighted by atomic mass is 32.2. The van der Waals surface area contributed by atoms with Crippen LogP contribution >= 0.6 is 0 Å². The van der Waals surface area contributed by atoms with E-state index in [0.717, 1.165) is 19.3 Å². The average molecular weight is 299 g/mol. The van der Waals surface area contributed by atoms with Crippen LogP contribution in [0.4, 0.5) is 11.4 Å². The van der Waals surface area contributed by atoms with Gasteiger partial charge in [-0.1, -0.05) is 6.92 Å². The summed E-state index contributed by atoms with van der Waals surface area (Å²) in [5.41, 5.74) is 0.142. The van der Waals surface area contributed by atoms with E-state index in [0.29, 0.717) is 6.54 Å². The Bertz CT molecular complexity index is 611. The van der Waals surface area contributed by atoms with Crippen molar-refractivity contribution >= 4 is 21.4 Å². The highest BCUT2D eigenvalue weighted by Crippen LogP contribution is 2.29. The van der Waals surface area contributed by atoms with Gasteiger partial charge in [0.05, 0.1) is 10.6 Å². The van der Waals surface area contributed by atoms with E-state index >= 15 is 0 Å². The van der Waals surface area contributed by atoms with Crippen molar-refractivity contribution in [3.8, 4) is 0 Å². The molecule has 0 aromatic heterocycles. The van der Waals surface area contributed by atoms with Gasteiger partial charge in [0.15, 0.2) is 0 Å². The van der Waals surface area contributed by atoms with Crippen molar-refractivity contribution in [1.29, 1.82) is 0 Å². The average Bonchev–Trinajstić information content (AvgIpc) is 3.19. The molecule has 0 heterocycles. The van der Waals surface area contributed by atoms with Gasteiger partial charge < -0.3 is 5.32 Å². The fraction of sp³-hybridized carbons (Fsp3) is 0.500. The predicted octanol–water partition coefficient (Wildman–Crippen LogP) is 1.86. The molecule has 1 saturated carbocycles. The fourth-order valence-corrected chi connectivity index (χ4v) is 3.22. The molecule has 1 aromatic rings. The van der Waals surface area contributed by atoms with E-state index in [1.807, 2.05) is 6.92 Å². The minimum absolute atomic E-state index is 0.00535. The predicted molar refractivity (Wildman–Crippen MR) is 75.2 cm³/mol. The van der Waals surface area contributed by atoms with Gasteiger partial charge in [-0.05, 0) is 25.3 Å². The number of hydrogen-bond acceptors (Lipinski definition) is 5. The van der Waals surface area contributed by atoms with Gasteiger partial charge in [-0.2, -0.15) is 0 Å². The monoisotopic (exact) mass is 299 g/mol. The Morgan fingerprint density at radius 3 is 2.65 bits per heavy atom. The molecule has 20 heavy (non-hydrogen) atoms. The molecule has 0 spiro atoms. The van der Waals surface area contributed by atoms with Gasteiger partial charge in [0.2, 0.25) is 10.0 Å². The fourth-order valence-electron chi connectivity index (χ4n) is 1.75. The second kappa shape index (κ2) is 5.76. The van der Waals surface area contributed by atoms with E-state index < -0.39 is 14.9 Å². The molecule has 0 radical (unpaired) electrons. The second-order valence-corrected chi connectivity index (χ2v) is 6.44. The Morgan fingerprint density at radius 2 is 2.10 bits per heavy atom. The van der Waals surface area contributed by atoms with Gasteiger partial charge >= 0.3 is 0 Å². The van der Waals surface area contributed by atoms with Gasteiger partial charge in [0.1, 0.15) is 4.90 Å². The SMILES string of the molecule is CCCNc1cc([N+](=O)[O-])ccc1S(=O)(=O)NC1CC1. The number of non-ortho nitro benzene ring substituents is 1.